The van der Waals surface area contributed by atoms with Crippen LogP contribution in [0.3, 0.4) is 0 Å². The van der Waals surface area contributed by atoms with E-state index in [4.69, 9.17) is 0 Å². The monoisotopic (exact) mass is 494 g/mol. The van der Waals surface area contributed by atoms with Gasteiger partial charge >= 0.3 is 0 Å². The molecule has 4 rings (SSSR count). The summed E-state index contributed by atoms with van der Waals surface area (Å²) in [4.78, 5) is 19.2. The zero-order chi connectivity index (χ0) is 25.0. The van der Waals surface area contributed by atoms with Gasteiger partial charge in [-0.3, -0.25) is 4.79 Å². The lowest BCUT2D eigenvalue weighted by molar-refractivity contribution is -0.131. The van der Waals surface area contributed by atoms with E-state index >= 15 is 0 Å². The Morgan fingerprint density at radius 2 is 1.71 bits per heavy atom. The number of hydrogen-bond acceptors (Lipinski definition) is 4. The van der Waals surface area contributed by atoms with Crippen molar-refractivity contribution in [1.29, 1.82) is 0 Å². The molecule has 1 amide bonds. The Hall–Kier alpha value is -2.97. The van der Waals surface area contributed by atoms with Gasteiger partial charge in [0.25, 0.3) is 0 Å². The van der Waals surface area contributed by atoms with Crippen molar-refractivity contribution in [3.05, 3.63) is 83.4 Å². The van der Waals surface area contributed by atoms with Gasteiger partial charge in [0.2, 0.25) is 15.9 Å². The molecule has 1 aromatic heterocycles. The molecular weight excluding hydrogens is 460 g/mol. The Balaban J connectivity index is 1.31. The lowest BCUT2D eigenvalue weighted by Gasteiger charge is -2.32. The Labute approximate surface area is 208 Å². The van der Waals surface area contributed by atoms with Gasteiger partial charge in [-0.15, -0.1) is 0 Å². The van der Waals surface area contributed by atoms with Gasteiger partial charge in [-0.1, -0.05) is 55.8 Å². The summed E-state index contributed by atoms with van der Waals surface area (Å²) in [5, 5.41) is 0. The first-order chi connectivity index (χ1) is 16.7. The molecule has 1 N–H and O–H groups in total. The number of aryl methyl sites for hydroxylation is 1. The van der Waals surface area contributed by atoms with E-state index in [2.05, 4.69) is 52.4 Å². The lowest BCUT2D eigenvalue weighted by Crippen LogP contribution is -2.44. The molecule has 0 aliphatic carbocycles. The molecule has 2 heterocycles. The maximum Gasteiger partial charge on any atom is 0.241 e. The topological polar surface area (TPSA) is 84.3 Å². The highest BCUT2D eigenvalue weighted by molar-refractivity contribution is 7.89. The summed E-state index contributed by atoms with van der Waals surface area (Å²) in [6.45, 7) is 8.00. The Morgan fingerprint density at radius 1 is 1.06 bits per heavy atom. The fourth-order valence-corrected chi connectivity index (χ4v) is 5.45. The third-order valence-corrected chi connectivity index (χ3v) is 8.12. The van der Waals surface area contributed by atoms with Crippen molar-refractivity contribution in [1.82, 2.24) is 19.2 Å². The smallest absolute Gasteiger partial charge is 0.241 e. The Kier molecular flexibility index (Phi) is 7.72. The van der Waals surface area contributed by atoms with E-state index in [0.717, 1.165) is 30.8 Å². The molecule has 1 fully saturated rings. The van der Waals surface area contributed by atoms with Gasteiger partial charge < -0.3 is 9.47 Å². The number of imidazole rings is 1. The Bertz CT molecular complexity index is 1240. The van der Waals surface area contributed by atoms with Crippen LogP contribution < -0.4 is 4.72 Å². The number of carbonyl (C=O) groups excluding carboxylic acids is 1. The van der Waals surface area contributed by atoms with Crippen LogP contribution in [0.4, 0.5) is 0 Å². The molecule has 35 heavy (non-hydrogen) atoms. The van der Waals surface area contributed by atoms with Crippen LogP contribution in [0.25, 0.3) is 0 Å². The van der Waals surface area contributed by atoms with Gasteiger partial charge in [-0.05, 0) is 48.9 Å². The summed E-state index contributed by atoms with van der Waals surface area (Å²) in [6.07, 6.45) is 5.47. The van der Waals surface area contributed by atoms with Gasteiger partial charge in [0.15, 0.2) is 0 Å². The van der Waals surface area contributed by atoms with E-state index in [1.165, 1.54) is 11.1 Å². The number of benzene rings is 2. The number of piperidine rings is 1. The highest BCUT2D eigenvalue weighted by Gasteiger charge is 2.27. The summed E-state index contributed by atoms with van der Waals surface area (Å²) in [5.74, 6) is 1.63. The van der Waals surface area contributed by atoms with Crippen molar-refractivity contribution in [2.24, 2.45) is 0 Å². The molecule has 0 unspecified atom stereocenters. The van der Waals surface area contributed by atoms with Crippen molar-refractivity contribution in [2.45, 2.75) is 56.9 Å². The molecule has 7 nitrogen and oxygen atoms in total. The second kappa shape index (κ2) is 10.7. The molecular formula is C27H34N4O3S. The number of amides is 1. The van der Waals surface area contributed by atoms with Crippen LogP contribution in [0.15, 0.2) is 65.8 Å². The molecule has 8 heteroatoms. The van der Waals surface area contributed by atoms with E-state index in [1.54, 1.807) is 29.2 Å². The van der Waals surface area contributed by atoms with Crippen LogP contribution in [0, 0.1) is 6.92 Å². The predicted molar refractivity (Wildman–Crippen MR) is 137 cm³/mol. The minimum atomic E-state index is -3.71. The maximum atomic E-state index is 12.7. The van der Waals surface area contributed by atoms with Crippen molar-refractivity contribution >= 4 is 15.9 Å². The summed E-state index contributed by atoms with van der Waals surface area (Å²) in [5.41, 5.74) is 3.55. The zero-order valence-corrected chi connectivity index (χ0v) is 21.5. The first-order valence-electron chi connectivity index (χ1n) is 12.2. The molecule has 0 radical (unpaired) electrons. The summed E-state index contributed by atoms with van der Waals surface area (Å²) in [7, 11) is -3.71. The number of sulfonamides is 1. The first kappa shape index (κ1) is 25.1. The van der Waals surface area contributed by atoms with E-state index in [1.807, 2.05) is 19.3 Å². The number of rotatable bonds is 8. The van der Waals surface area contributed by atoms with Crippen LogP contribution >= 0.6 is 0 Å². The second-order valence-electron chi connectivity index (χ2n) is 9.60. The van der Waals surface area contributed by atoms with Crippen molar-refractivity contribution in [3.63, 3.8) is 0 Å². The lowest BCUT2D eigenvalue weighted by atomic mass is 9.95. The number of carbonyl (C=O) groups is 1. The predicted octanol–water partition coefficient (Wildman–Crippen LogP) is 4.05. The van der Waals surface area contributed by atoms with Crippen molar-refractivity contribution in [2.75, 3.05) is 19.6 Å². The van der Waals surface area contributed by atoms with Gasteiger partial charge in [-0.2, -0.15) is 0 Å². The fraction of sp³-hybridized carbons (Fsp3) is 0.407. The van der Waals surface area contributed by atoms with Crippen LogP contribution in [-0.4, -0.2) is 48.4 Å². The van der Waals surface area contributed by atoms with E-state index in [0.29, 0.717) is 19.0 Å². The molecule has 186 valence electrons. The number of hydrogen-bond donors (Lipinski definition) is 1. The minimum absolute atomic E-state index is 0.167. The normalized spacial score (nSPS) is 15.0. The standard InChI is InChI=1S/C27H34N4O3S/c1-20(2)23-8-6-22(7-9-23)19-31-17-14-28-27(31)24-12-15-30(16-13-24)26(32)18-29-35(33,34)25-10-4-21(3)5-11-25/h4-11,14,17,20,24,29H,12-13,15-16,18-19H2,1-3H3. The summed E-state index contributed by atoms with van der Waals surface area (Å²) in [6, 6.07) is 15.3. The van der Waals surface area contributed by atoms with Gasteiger partial charge in [0.05, 0.1) is 11.4 Å². The molecule has 0 saturated carbocycles. The first-order valence-corrected chi connectivity index (χ1v) is 13.7. The SMILES string of the molecule is Cc1ccc(S(=O)(=O)NCC(=O)N2CCC(c3nccn3Cc3ccc(C(C)C)cc3)CC2)cc1. The van der Waals surface area contributed by atoms with Crippen LogP contribution in [0.2, 0.25) is 0 Å². The number of aromatic nitrogens is 2. The van der Waals surface area contributed by atoms with Gasteiger partial charge in [-0.25, -0.2) is 18.1 Å². The van der Waals surface area contributed by atoms with Crippen molar-refractivity contribution in [3.8, 4) is 0 Å². The molecule has 2 aromatic carbocycles. The Morgan fingerprint density at radius 3 is 2.34 bits per heavy atom. The zero-order valence-electron chi connectivity index (χ0n) is 20.6. The van der Waals surface area contributed by atoms with E-state index < -0.39 is 10.0 Å². The van der Waals surface area contributed by atoms with Crippen LogP contribution in [-0.2, 0) is 21.4 Å². The quantitative estimate of drug-likeness (QED) is 0.512. The molecule has 0 atom stereocenters. The molecule has 3 aromatic rings. The van der Waals surface area contributed by atoms with Crippen molar-refractivity contribution < 1.29 is 13.2 Å². The second-order valence-corrected chi connectivity index (χ2v) is 11.4. The molecule has 0 spiro atoms. The fourth-order valence-electron chi connectivity index (χ4n) is 4.48. The molecule has 1 saturated heterocycles. The number of likely N-dealkylation sites (tertiary alicyclic amines) is 1. The number of nitrogens with one attached hydrogen (secondary N) is 1. The molecule has 1 aliphatic rings. The van der Waals surface area contributed by atoms with E-state index in [9.17, 15) is 13.2 Å². The molecule has 1 aliphatic heterocycles. The van der Waals surface area contributed by atoms with Crippen LogP contribution in [0.1, 0.15) is 61.0 Å². The van der Waals surface area contributed by atoms with Gasteiger partial charge in [0.1, 0.15) is 5.82 Å². The largest absolute Gasteiger partial charge is 0.342 e. The van der Waals surface area contributed by atoms with Crippen LogP contribution in [0.5, 0.6) is 0 Å². The highest BCUT2D eigenvalue weighted by atomic mass is 32.2. The average Bonchev–Trinajstić information content (AvgIpc) is 3.31. The van der Waals surface area contributed by atoms with Gasteiger partial charge in [0, 0.05) is 37.9 Å². The van der Waals surface area contributed by atoms with E-state index in [-0.39, 0.29) is 23.3 Å². The third kappa shape index (κ3) is 6.18. The summed E-state index contributed by atoms with van der Waals surface area (Å²) >= 11 is 0. The summed E-state index contributed by atoms with van der Waals surface area (Å²) < 4.78 is 29.6. The number of nitrogens with zero attached hydrogens (tertiary/aromatic N) is 3. The maximum absolute atomic E-state index is 12.7. The molecule has 0 bridgehead atoms. The highest BCUT2D eigenvalue weighted by Crippen LogP contribution is 2.27. The minimum Gasteiger partial charge on any atom is -0.342 e. The average molecular weight is 495 g/mol. The third-order valence-electron chi connectivity index (χ3n) is 6.70.